The van der Waals surface area contributed by atoms with E-state index in [0.717, 1.165) is 5.69 Å². The van der Waals surface area contributed by atoms with E-state index in [1.807, 2.05) is 24.3 Å². The third-order valence-electron chi connectivity index (χ3n) is 3.31. The highest BCUT2D eigenvalue weighted by atomic mass is 16.5. The van der Waals surface area contributed by atoms with Gasteiger partial charge in [-0.15, -0.1) is 5.10 Å². The number of nitrogens with zero attached hydrogens (tertiary/aromatic N) is 4. The predicted octanol–water partition coefficient (Wildman–Crippen LogP) is 2.41. The van der Waals surface area contributed by atoms with Gasteiger partial charge in [0.2, 0.25) is 5.95 Å². The Morgan fingerprint density at radius 2 is 2.00 bits per heavy atom. The summed E-state index contributed by atoms with van der Waals surface area (Å²) >= 11 is 0. The van der Waals surface area contributed by atoms with Crippen molar-refractivity contribution in [2.45, 2.75) is 6.54 Å². The van der Waals surface area contributed by atoms with Crippen molar-refractivity contribution >= 4 is 23.4 Å². The number of hydrogen-bond acceptors (Lipinski definition) is 8. The maximum atomic E-state index is 11.8. The molecule has 1 aromatic carbocycles. The topological polar surface area (TPSA) is 102 Å². The summed E-state index contributed by atoms with van der Waals surface area (Å²) in [5.41, 5.74) is 1.85. The molecular formula is C17H16N6O2. The van der Waals surface area contributed by atoms with E-state index in [4.69, 9.17) is 4.74 Å². The van der Waals surface area contributed by atoms with Gasteiger partial charge in [0.1, 0.15) is 0 Å². The average Bonchev–Trinajstić information content (AvgIpc) is 2.67. The highest BCUT2D eigenvalue weighted by molar-refractivity contribution is 5.96. The predicted molar refractivity (Wildman–Crippen MR) is 92.5 cm³/mol. The summed E-state index contributed by atoms with van der Waals surface area (Å²) in [5, 5.41) is 14.0. The van der Waals surface area contributed by atoms with Crippen LogP contribution in [0.2, 0.25) is 0 Å². The van der Waals surface area contributed by atoms with Gasteiger partial charge in [0, 0.05) is 6.20 Å². The van der Waals surface area contributed by atoms with Crippen LogP contribution in [0.25, 0.3) is 0 Å². The van der Waals surface area contributed by atoms with Gasteiger partial charge in [-0.1, -0.05) is 18.2 Å². The number of pyridine rings is 1. The minimum atomic E-state index is -0.432. The van der Waals surface area contributed by atoms with Crippen LogP contribution in [0.1, 0.15) is 16.1 Å². The first-order chi connectivity index (χ1) is 12.3. The largest absolute Gasteiger partial charge is 0.465 e. The summed E-state index contributed by atoms with van der Waals surface area (Å²) in [4.78, 5) is 20.4. The van der Waals surface area contributed by atoms with Gasteiger partial charge in [-0.05, 0) is 24.3 Å². The number of nitrogens with one attached hydrogen (secondary N) is 2. The zero-order chi connectivity index (χ0) is 17.5. The fraction of sp³-hybridized carbons (Fsp3) is 0.118. The number of aromatic nitrogens is 4. The van der Waals surface area contributed by atoms with Crippen LogP contribution in [0.5, 0.6) is 0 Å². The molecule has 2 aromatic heterocycles. The number of anilines is 3. The van der Waals surface area contributed by atoms with Crippen LogP contribution in [0.4, 0.5) is 17.5 Å². The number of carbonyl (C=O) groups is 1. The number of ether oxygens (including phenoxy) is 1. The second-order valence-electron chi connectivity index (χ2n) is 5.00. The maximum absolute atomic E-state index is 11.8. The molecule has 0 saturated carbocycles. The molecule has 0 radical (unpaired) electrons. The van der Waals surface area contributed by atoms with E-state index in [1.54, 1.807) is 24.4 Å². The molecule has 8 heteroatoms. The Morgan fingerprint density at radius 1 is 1.16 bits per heavy atom. The van der Waals surface area contributed by atoms with Crippen molar-refractivity contribution in [1.29, 1.82) is 0 Å². The quantitative estimate of drug-likeness (QED) is 0.662. The molecule has 0 fully saturated rings. The van der Waals surface area contributed by atoms with Gasteiger partial charge in [-0.25, -0.2) is 4.79 Å². The number of hydrogen-bond donors (Lipinski definition) is 2. The van der Waals surface area contributed by atoms with E-state index in [-0.39, 0.29) is 0 Å². The summed E-state index contributed by atoms with van der Waals surface area (Å²) in [6.45, 7) is 0.477. The van der Waals surface area contributed by atoms with Crippen molar-refractivity contribution in [3.63, 3.8) is 0 Å². The van der Waals surface area contributed by atoms with E-state index >= 15 is 0 Å². The summed E-state index contributed by atoms with van der Waals surface area (Å²) in [6, 6.07) is 12.7. The van der Waals surface area contributed by atoms with E-state index in [0.29, 0.717) is 29.6 Å². The molecular weight excluding hydrogens is 320 g/mol. The first kappa shape index (κ1) is 16.3. The van der Waals surface area contributed by atoms with Gasteiger partial charge < -0.3 is 15.4 Å². The van der Waals surface area contributed by atoms with E-state index in [2.05, 4.69) is 30.8 Å². The van der Waals surface area contributed by atoms with Gasteiger partial charge in [0.15, 0.2) is 5.82 Å². The van der Waals surface area contributed by atoms with Crippen LogP contribution in [-0.4, -0.2) is 33.2 Å². The number of para-hydroxylation sites is 1. The van der Waals surface area contributed by atoms with Gasteiger partial charge >= 0.3 is 5.97 Å². The monoisotopic (exact) mass is 336 g/mol. The lowest BCUT2D eigenvalue weighted by molar-refractivity contribution is 0.0602. The fourth-order valence-corrected chi connectivity index (χ4v) is 2.13. The lowest BCUT2D eigenvalue weighted by atomic mass is 10.2. The molecule has 0 bridgehead atoms. The molecule has 0 aliphatic rings. The van der Waals surface area contributed by atoms with Crippen LogP contribution >= 0.6 is 0 Å². The van der Waals surface area contributed by atoms with Crippen LogP contribution in [0.15, 0.2) is 54.9 Å². The summed E-state index contributed by atoms with van der Waals surface area (Å²) in [5.74, 6) is 0.375. The molecule has 0 amide bonds. The van der Waals surface area contributed by atoms with Crippen LogP contribution in [-0.2, 0) is 11.3 Å². The molecule has 126 valence electrons. The summed E-state index contributed by atoms with van der Waals surface area (Å²) in [6.07, 6.45) is 3.19. The van der Waals surface area contributed by atoms with Gasteiger partial charge in [-0.3, -0.25) is 4.98 Å². The number of benzene rings is 1. The zero-order valence-corrected chi connectivity index (χ0v) is 13.5. The van der Waals surface area contributed by atoms with Gasteiger partial charge in [-0.2, -0.15) is 10.1 Å². The normalized spacial score (nSPS) is 10.1. The Bertz CT molecular complexity index is 857. The second kappa shape index (κ2) is 7.82. The fourth-order valence-electron chi connectivity index (χ4n) is 2.13. The number of methoxy groups -OCH3 is 1. The Kier molecular flexibility index (Phi) is 5.10. The molecule has 8 nitrogen and oxygen atoms in total. The molecule has 0 unspecified atom stereocenters. The Morgan fingerprint density at radius 3 is 2.80 bits per heavy atom. The molecule has 0 atom stereocenters. The molecule has 0 aliphatic carbocycles. The number of esters is 1. The lowest BCUT2D eigenvalue weighted by Gasteiger charge is -2.10. The molecule has 0 spiro atoms. The summed E-state index contributed by atoms with van der Waals surface area (Å²) < 4.78 is 4.78. The maximum Gasteiger partial charge on any atom is 0.339 e. The van der Waals surface area contributed by atoms with Crippen molar-refractivity contribution < 1.29 is 9.53 Å². The molecule has 0 aliphatic heterocycles. The smallest absolute Gasteiger partial charge is 0.339 e. The molecule has 3 aromatic rings. The zero-order valence-electron chi connectivity index (χ0n) is 13.5. The highest BCUT2D eigenvalue weighted by Crippen LogP contribution is 2.20. The molecule has 2 heterocycles. The lowest BCUT2D eigenvalue weighted by Crippen LogP contribution is -2.09. The van der Waals surface area contributed by atoms with Crippen molar-refractivity contribution in [2.24, 2.45) is 0 Å². The van der Waals surface area contributed by atoms with Crippen molar-refractivity contribution in [3.8, 4) is 0 Å². The third-order valence-corrected chi connectivity index (χ3v) is 3.31. The van der Waals surface area contributed by atoms with Gasteiger partial charge in [0.05, 0.1) is 36.8 Å². The minimum Gasteiger partial charge on any atom is -0.465 e. The number of rotatable bonds is 6. The standard InChI is InChI=1S/C17H16N6O2/c1-25-16(24)13-7-2-3-8-14(13)21-15-11-20-23-17(22-15)19-10-12-6-4-5-9-18-12/h2-9,11H,10H2,1H3,(H2,19,21,22,23). The Labute approximate surface area is 144 Å². The van der Waals surface area contributed by atoms with E-state index in [1.165, 1.54) is 13.3 Å². The van der Waals surface area contributed by atoms with Crippen LogP contribution in [0.3, 0.4) is 0 Å². The first-order valence-corrected chi connectivity index (χ1v) is 7.54. The van der Waals surface area contributed by atoms with Crippen LogP contribution in [0, 0.1) is 0 Å². The van der Waals surface area contributed by atoms with Crippen molar-refractivity contribution in [3.05, 3.63) is 66.1 Å². The molecule has 25 heavy (non-hydrogen) atoms. The van der Waals surface area contributed by atoms with Gasteiger partial charge in [0.25, 0.3) is 0 Å². The Balaban J connectivity index is 1.73. The second-order valence-corrected chi connectivity index (χ2v) is 5.00. The highest BCUT2D eigenvalue weighted by Gasteiger charge is 2.12. The SMILES string of the molecule is COC(=O)c1ccccc1Nc1cnnc(NCc2ccccn2)n1. The third kappa shape index (κ3) is 4.25. The number of carbonyl (C=O) groups excluding carboxylic acids is 1. The Hall–Kier alpha value is -3.55. The molecule has 3 rings (SSSR count). The van der Waals surface area contributed by atoms with Crippen molar-refractivity contribution in [1.82, 2.24) is 20.2 Å². The van der Waals surface area contributed by atoms with Crippen molar-refractivity contribution in [2.75, 3.05) is 17.7 Å². The van der Waals surface area contributed by atoms with E-state index < -0.39 is 5.97 Å². The first-order valence-electron chi connectivity index (χ1n) is 7.54. The van der Waals surface area contributed by atoms with Crippen LogP contribution < -0.4 is 10.6 Å². The molecule has 0 saturated heterocycles. The summed E-state index contributed by atoms with van der Waals surface area (Å²) in [7, 11) is 1.34. The average molecular weight is 336 g/mol. The van der Waals surface area contributed by atoms with E-state index in [9.17, 15) is 4.79 Å². The molecule has 2 N–H and O–H groups in total. The minimum absolute atomic E-state index is 0.353.